The van der Waals surface area contributed by atoms with Crippen LogP contribution in [-0.4, -0.2) is 30.8 Å². The summed E-state index contributed by atoms with van der Waals surface area (Å²) >= 11 is 0. The molecule has 1 aromatic heterocycles. The highest BCUT2D eigenvalue weighted by atomic mass is 32.2. The van der Waals surface area contributed by atoms with E-state index in [1.807, 2.05) is 0 Å². The van der Waals surface area contributed by atoms with Crippen LogP contribution >= 0.6 is 0 Å². The predicted molar refractivity (Wildman–Crippen MR) is 71.6 cm³/mol. The molecule has 3 rings (SSSR count). The quantitative estimate of drug-likeness (QED) is 0.632. The number of nitrogens with zero attached hydrogens (tertiary/aromatic N) is 2. The van der Waals surface area contributed by atoms with Crippen LogP contribution in [0.5, 0.6) is 0 Å². The van der Waals surface area contributed by atoms with Gasteiger partial charge in [-0.05, 0) is 30.7 Å². The Balaban J connectivity index is 1.86. The van der Waals surface area contributed by atoms with Crippen molar-refractivity contribution in [3.63, 3.8) is 0 Å². The Hall–Kier alpha value is -1.18. The molecule has 1 saturated heterocycles. The van der Waals surface area contributed by atoms with Gasteiger partial charge in [0.1, 0.15) is 5.82 Å². The number of fused-ring (bicyclic) bond motifs is 1. The molecule has 6 nitrogen and oxygen atoms in total. The van der Waals surface area contributed by atoms with Crippen molar-refractivity contribution in [3.8, 4) is 0 Å². The van der Waals surface area contributed by atoms with Crippen molar-refractivity contribution < 1.29 is 8.42 Å². The van der Waals surface area contributed by atoms with Crippen LogP contribution in [-0.2, 0) is 10.0 Å². The van der Waals surface area contributed by atoms with Crippen LogP contribution < -0.4 is 11.3 Å². The summed E-state index contributed by atoms with van der Waals surface area (Å²) in [5.74, 6) is 6.72. The smallest absolute Gasteiger partial charge is 0.243 e. The first-order chi connectivity index (χ1) is 9.11. The van der Waals surface area contributed by atoms with E-state index in [0.717, 1.165) is 12.8 Å². The lowest BCUT2D eigenvalue weighted by molar-refractivity contribution is 0.445. The molecule has 7 heteroatoms. The molecule has 0 bridgehead atoms. The summed E-state index contributed by atoms with van der Waals surface area (Å²) in [4.78, 5) is 4.20. The first kappa shape index (κ1) is 12.8. The standard InChI is InChI=1S/C12H18N4O2S/c13-15-12-6-11(4-5-14-12)19(17,18)16-7-9-2-1-3-10(9)8-16/h4-6,9-10H,1-3,7-8,13H2,(H,14,15). The maximum atomic E-state index is 12.6. The summed E-state index contributed by atoms with van der Waals surface area (Å²) in [5, 5.41) is 0. The van der Waals surface area contributed by atoms with Crippen molar-refractivity contribution in [2.75, 3.05) is 18.5 Å². The second-order valence-electron chi connectivity index (χ2n) is 5.29. The van der Waals surface area contributed by atoms with E-state index < -0.39 is 10.0 Å². The van der Waals surface area contributed by atoms with Crippen LogP contribution in [0.3, 0.4) is 0 Å². The number of rotatable bonds is 3. The first-order valence-corrected chi connectivity index (χ1v) is 7.98. The Morgan fingerprint density at radius 1 is 1.32 bits per heavy atom. The van der Waals surface area contributed by atoms with Crippen molar-refractivity contribution >= 4 is 15.8 Å². The SMILES string of the molecule is NNc1cc(S(=O)(=O)N2CC3CCCC3C2)ccn1. The summed E-state index contributed by atoms with van der Waals surface area (Å²) in [7, 11) is -3.42. The van der Waals surface area contributed by atoms with Gasteiger partial charge in [-0.25, -0.2) is 19.2 Å². The molecule has 2 heterocycles. The Kier molecular flexibility index (Phi) is 3.20. The molecule has 0 radical (unpaired) electrons. The average Bonchev–Trinajstić information content (AvgIpc) is 2.99. The fourth-order valence-electron chi connectivity index (χ4n) is 3.19. The number of pyridine rings is 1. The molecule has 2 aliphatic rings. The number of nitrogens with two attached hydrogens (primary N) is 1. The molecule has 19 heavy (non-hydrogen) atoms. The molecule has 0 amide bonds. The number of anilines is 1. The van der Waals surface area contributed by atoms with Gasteiger partial charge in [0.2, 0.25) is 10.0 Å². The molecule has 104 valence electrons. The second-order valence-corrected chi connectivity index (χ2v) is 7.23. The molecule has 1 aromatic rings. The molecule has 1 aliphatic carbocycles. The maximum absolute atomic E-state index is 12.6. The Morgan fingerprint density at radius 3 is 2.63 bits per heavy atom. The van der Waals surface area contributed by atoms with Crippen LogP contribution in [0.4, 0.5) is 5.82 Å². The predicted octanol–water partition coefficient (Wildman–Crippen LogP) is 0.788. The van der Waals surface area contributed by atoms with Gasteiger partial charge >= 0.3 is 0 Å². The zero-order valence-corrected chi connectivity index (χ0v) is 11.4. The van der Waals surface area contributed by atoms with E-state index in [1.54, 1.807) is 4.31 Å². The van der Waals surface area contributed by atoms with E-state index in [0.29, 0.717) is 30.7 Å². The highest BCUT2D eigenvalue weighted by Crippen LogP contribution is 2.39. The summed E-state index contributed by atoms with van der Waals surface area (Å²) in [6.45, 7) is 1.31. The van der Waals surface area contributed by atoms with E-state index in [2.05, 4.69) is 10.4 Å². The Labute approximate surface area is 113 Å². The van der Waals surface area contributed by atoms with Gasteiger partial charge in [-0.15, -0.1) is 0 Å². The molecule has 1 aliphatic heterocycles. The molecular weight excluding hydrogens is 264 g/mol. The third-order valence-electron chi connectivity index (χ3n) is 4.21. The highest BCUT2D eigenvalue weighted by Gasteiger charge is 2.41. The van der Waals surface area contributed by atoms with E-state index in [1.165, 1.54) is 24.8 Å². The van der Waals surface area contributed by atoms with Gasteiger partial charge in [-0.2, -0.15) is 4.31 Å². The normalized spacial score (nSPS) is 27.4. The van der Waals surface area contributed by atoms with E-state index in [9.17, 15) is 8.42 Å². The minimum Gasteiger partial charge on any atom is -0.308 e. The number of hydrogen-bond acceptors (Lipinski definition) is 5. The van der Waals surface area contributed by atoms with Crippen LogP contribution in [0.15, 0.2) is 23.2 Å². The van der Waals surface area contributed by atoms with Gasteiger partial charge in [0.05, 0.1) is 4.90 Å². The lowest BCUT2D eigenvalue weighted by atomic mass is 10.0. The minimum atomic E-state index is -3.42. The highest BCUT2D eigenvalue weighted by molar-refractivity contribution is 7.89. The third kappa shape index (κ3) is 2.22. The summed E-state index contributed by atoms with van der Waals surface area (Å²) in [5.41, 5.74) is 2.38. The average molecular weight is 282 g/mol. The van der Waals surface area contributed by atoms with Gasteiger partial charge in [-0.1, -0.05) is 6.42 Å². The number of sulfonamides is 1. The Morgan fingerprint density at radius 2 is 2.00 bits per heavy atom. The molecule has 3 N–H and O–H groups in total. The Bertz CT molecular complexity index is 563. The van der Waals surface area contributed by atoms with Crippen molar-refractivity contribution in [2.45, 2.75) is 24.2 Å². The first-order valence-electron chi connectivity index (χ1n) is 6.54. The van der Waals surface area contributed by atoms with Crippen LogP contribution in [0, 0.1) is 11.8 Å². The largest absolute Gasteiger partial charge is 0.308 e. The number of nitrogen functional groups attached to an aromatic ring is 1. The van der Waals surface area contributed by atoms with Crippen molar-refractivity contribution in [2.24, 2.45) is 17.7 Å². The summed E-state index contributed by atoms with van der Waals surface area (Å²) in [6, 6.07) is 2.99. The fourth-order valence-corrected chi connectivity index (χ4v) is 4.75. The topological polar surface area (TPSA) is 88.3 Å². The van der Waals surface area contributed by atoms with Crippen molar-refractivity contribution in [3.05, 3.63) is 18.3 Å². The zero-order chi connectivity index (χ0) is 13.5. The van der Waals surface area contributed by atoms with E-state index in [-0.39, 0.29) is 4.90 Å². The van der Waals surface area contributed by atoms with Crippen LogP contribution in [0.1, 0.15) is 19.3 Å². The minimum absolute atomic E-state index is 0.260. The van der Waals surface area contributed by atoms with Gasteiger partial charge in [-0.3, -0.25) is 0 Å². The van der Waals surface area contributed by atoms with Gasteiger partial charge in [0.15, 0.2) is 0 Å². The van der Waals surface area contributed by atoms with E-state index in [4.69, 9.17) is 5.84 Å². The summed E-state index contributed by atoms with van der Waals surface area (Å²) < 4.78 is 26.7. The molecule has 0 spiro atoms. The molecule has 2 fully saturated rings. The molecule has 0 aromatic carbocycles. The number of nitrogens with one attached hydrogen (secondary N) is 1. The second kappa shape index (κ2) is 4.73. The van der Waals surface area contributed by atoms with Gasteiger partial charge in [0.25, 0.3) is 0 Å². The monoisotopic (exact) mass is 282 g/mol. The number of hydrogen-bond donors (Lipinski definition) is 2. The van der Waals surface area contributed by atoms with Crippen LogP contribution in [0.25, 0.3) is 0 Å². The maximum Gasteiger partial charge on any atom is 0.243 e. The number of hydrazine groups is 1. The fraction of sp³-hybridized carbons (Fsp3) is 0.583. The van der Waals surface area contributed by atoms with Gasteiger partial charge in [0, 0.05) is 25.4 Å². The molecule has 1 saturated carbocycles. The lowest BCUT2D eigenvalue weighted by Gasteiger charge is -2.17. The zero-order valence-electron chi connectivity index (χ0n) is 10.6. The van der Waals surface area contributed by atoms with Crippen molar-refractivity contribution in [1.82, 2.24) is 9.29 Å². The number of aromatic nitrogens is 1. The third-order valence-corrected chi connectivity index (χ3v) is 6.04. The van der Waals surface area contributed by atoms with Crippen molar-refractivity contribution in [1.29, 1.82) is 0 Å². The summed E-state index contributed by atoms with van der Waals surface area (Å²) in [6.07, 6.45) is 5.00. The van der Waals surface area contributed by atoms with Gasteiger partial charge < -0.3 is 5.43 Å². The molecule has 2 atom stereocenters. The lowest BCUT2D eigenvalue weighted by Crippen LogP contribution is -2.29. The molecular formula is C12H18N4O2S. The van der Waals surface area contributed by atoms with E-state index >= 15 is 0 Å². The van der Waals surface area contributed by atoms with Crippen LogP contribution in [0.2, 0.25) is 0 Å². The molecule has 2 unspecified atom stereocenters.